The molecule has 1 unspecified atom stereocenters. The molecule has 1 saturated heterocycles. The summed E-state index contributed by atoms with van der Waals surface area (Å²) in [6.07, 6.45) is 4.76. The second-order valence-electron chi connectivity index (χ2n) is 4.51. The van der Waals surface area contributed by atoms with Crippen molar-refractivity contribution in [1.29, 1.82) is 0 Å². The topological polar surface area (TPSA) is 46.3 Å². The van der Waals surface area contributed by atoms with Crippen molar-refractivity contribution in [2.75, 3.05) is 13.1 Å². The molecule has 0 radical (unpaired) electrons. The van der Waals surface area contributed by atoms with E-state index in [0.29, 0.717) is 24.9 Å². The van der Waals surface area contributed by atoms with Crippen molar-refractivity contribution in [3.63, 3.8) is 0 Å². The van der Waals surface area contributed by atoms with Crippen molar-refractivity contribution >= 4 is 17.2 Å². The Hall–Kier alpha value is -0.870. The SMILES string of the molecule is NCCCCC(=O)N1CCCC1c1cccs1. The number of carbonyl (C=O) groups is 1. The maximum absolute atomic E-state index is 12.1. The van der Waals surface area contributed by atoms with Crippen molar-refractivity contribution < 1.29 is 4.79 Å². The van der Waals surface area contributed by atoms with E-state index in [1.54, 1.807) is 11.3 Å². The minimum Gasteiger partial charge on any atom is -0.335 e. The lowest BCUT2D eigenvalue weighted by molar-refractivity contribution is -0.132. The number of unbranched alkanes of at least 4 members (excludes halogenated alkanes) is 1. The molecule has 0 bridgehead atoms. The Morgan fingerprint density at radius 3 is 3.12 bits per heavy atom. The van der Waals surface area contributed by atoms with Gasteiger partial charge in [0.25, 0.3) is 0 Å². The van der Waals surface area contributed by atoms with Gasteiger partial charge in [-0.15, -0.1) is 11.3 Å². The Balaban J connectivity index is 1.93. The van der Waals surface area contributed by atoms with Crippen LogP contribution in [-0.2, 0) is 4.79 Å². The van der Waals surface area contributed by atoms with Crippen LogP contribution in [0.15, 0.2) is 17.5 Å². The van der Waals surface area contributed by atoms with E-state index in [9.17, 15) is 4.79 Å². The minimum absolute atomic E-state index is 0.300. The third-order valence-electron chi connectivity index (χ3n) is 3.29. The van der Waals surface area contributed by atoms with Crippen LogP contribution in [0.25, 0.3) is 0 Å². The van der Waals surface area contributed by atoms with Gasteiger partial charge in [0, 0.05) is 17.8 Å². The fraction of sp³-hybridized carbons (Fsp3) is 0.615. The number of thiophene rings is 1. The van der Waals surface area contributed by atoms with Gasteiger partial charge in [0.15, 0.2) is 0 Å². The van der Waals surface area contributed by atoms with E-state index in [1.165, 1.54) is 4.88 Å². The van der Waals surface area contributed by atoms with Gasteiger partial charge < -0.3 is 10.6 Å². The number of hydrogen-bond acceptors (Lipinski definition) is 3. The Morgan fingerprint density at radius 2 is 2.41 bits per heavy atom. The number of amides is 1. The molecule has 0 spiro atoms. The molecule has 17 heavy (non-hydrogen) atoms. The molecule has 1 atom stereocenters. The lowest BCUT2D eigenvalue weighted by Crippen LogP contribution is -2.30. The molecule has 3 nitrogen and oxygen atoms in total. The second kappa shape index (κ2) is 6.17. The first-order valence-electron chi connectivity index (χ1n) is 6.36. The second-order valence-corrected chi connectivity index (χ2v) is 5.49. The molecule has 1 aromatic heterocycles. The summed E-state index contributed by atoms with van der Waals surface area (Å²) in [5.41, 5.74) is 5.45. The van der Waals surface area contributed by atoms with Gasteiger partial charge in [0.1, 0.15) is 0 Å². The van der Waals surface area contributed by atoms with Gasteiger partial charge in [-0.25, -0.2) is 0 Å². The van der Waals surface area contributed by atoms with Gasteiger partial charge in [-0.05, 0) is 43.7 Å². The quantitative estimate of drug-likeness (QED) is 0.819. The summed E-state index contributed by atoms with van der Waals surface area (Å²) >= 11 is 1.76. The predicted molar refractivity (Wildman–Crippen MR) is 70.9 cm³/mol. The van der Waals surface area contributed by atoms with Crippen molar-refractivity contribution in [1.82, 2.24) is 4.90 Å². The average molecular weight is 252 g/mol. The molecule has 0 saturated carbocycles. The summed E-state index contributed by atoms with van der Waals surface area (Å²) in [6.45, 7) is 1.60. The van der Waals surface area contributed by atoms with Crippen LogP contribution in [0.4, 0.5) is 0 Å². The largest absolute Gasteiger partial charge is 0.335 e. The molecule has 94 valence electrons. The molecule has 1 aliphatic rings. The van der Waals surface area contributed by atoms with Gasteiger partial charge in [-0.2, -0.15) is 0 Å². The standard InChI is InChI=1S/C13H20N2OS/c14-8-2-1-7-13(16)15-9-3-5-11(15)12-6-4-10-17-12/h4,6,10-11H,1-3,5,7-9,14H2. The van der Waals surface area contributed by atoms with Gasteiger partial charge >= 0.3 is 0 Å². The van der Waals surface area contributed by atoms with Crippen LogP contribution in [-0.4, -0.2) is 23.9 Å². The number of nitrogens with two attached hydrogens (primary N) is 1. The zero-order valence-corrected chi connectivity index (χ0v) is 10.9. The molecule has 1 amide bonds. The summed E-state index contributed by atoms with van der Waals surface area (Å²) in [5, 5.41) is 2.09. The van der Waals surface area contributed by atoms with Gasteiger partial charge in [-0.1, -0.05) is 6.07 Å². The Morgan fingerprint density at radius 1 is 1.53 bits per heavy atom. The smallest absolute Gasteiger partial charge is 0.223 e. The molecule has 1 aromatic rings. The van der Waals surface area contributed by atoms with E-state index < -0.39 is 0 Å². The van der Waals surface area contributed by atoms with E-state index in [1.807, 2.05) is 0 Å². The van der Waals surface area contributed by atoms with Crippen LogP contribution in [0.5, 0.6) is 0 Å². The third kappa shape index (κ3) is 3.07. The summed E-state index contributed by atoms with van der Waals surface area (Å²) in [6, 6.07) is 4.54. The lowest BCUT2D eigenvalue weighted by atomic mass is 10.1. The molecule has 4 heteroatoms. The van der Waals surface area contributed by atoms with Crippen LogP contribution in [0, 0.1) is 0 Å². The highest BCUT2D eigenvalue weighted by Crippen LogP contribution is 2.34. The van der Waals surface area contributed by atoms with Gasteiger partial charge in [-0.3, -0.25) is 4.79 Å². The third-order valence-corrected chi connectivity index (χ3v) is 4.26. The number of nitrogens with zero attached hydrogens (tertiary/aromatic N) is 1. The molecular formula is C13H20N2OS. The zero-order valence-electron chi connectivity index (χ0n) is 10.1. The van der Waals surface area contributed by atoms with Crippen molar-refractivity contribution in [2.24, 2.45) is 5.73 Å². The van der Waals surface area contributed by atoms with E-state index in [4.69, 9.17) is 5.73 Å². The number of likely N-dealkylation sites (tertiary alicyclic amines) is 1. The maximum Gasteiger partial charge on any atom is 0.223 e. The highest BCUT2D eigenvalue weighted by Gasteiger charge is 2.29. The number of hydrogen-bond donors (Lipinski definition) is 1. The van der Waals surface area contributed by atoms with E-state index in [0.717, 1.165) is 32.2 Å². The molecule has 0 aliphatic carbocycles. The summed E-state index contributed by atoms with van der Waals surface area (Å²) in [4.78, 5) is 15.5. The van der Waals surface area contributed by atoms with E-state index in [2.05, 4.69) is 22.4 Å². The first-order valence-corrected chi connectivity index (χ1v) is 7.24. The zero-order chi connectivity index (χ0) is 12.1. The Bertz CT molecular complexity index is 350. The monoisotopic (exact) mass is 252 g/mol. The number of carbonyl (C=O) groups excluding carboxylic acids is 1. The van der Waals surface area contributed by atoms with Crippen LogP contribution < -0.4 is 5.73 Å². The highest BCUT2D eigenvalue weighted by molar-refractivity contribution is 7.10. The van der Waals surface area contributed by atoms with Crippen LogP contribution in [0.3, 0.4) is 0 Å². The predicted octanol–water partition coefficient (Wildman–Crippen LogP) is 2.54. The normalized spacial score (nSPS) is 19.8. The van der Waals surface area contributed by atoms with Gasteiger partial charge in [0.05, 0.1) is 6.04 Å². The van der Waals surface area contributed by atoms with E-state index >= 15 is 0 Å². The van der Waals surface area contributed by atoms with Crippen LogP contribution in [0.1, 0.15) is 43.0 Å². The lowest BCUT2D eigenvalue weighted by Gasteiger charge is -2.23. The summed E-state index contributed by atoms with van der Waals surface area (Å²) in [7, 11) is 0. The highest BCUT2D eigenvalue weighted by atomic mass is 32.1. The first kappa shape index (κ1) is 12.6. The van der Waals surface area contributed by atoms with Crippen molar-refractivity contribution in [3.8, 4) is 0 Å². The Labute approximate surface area is 107 Å². The maximum atomic E-state index is 12.1. The first-order chi connectivity index (χ1) is 8.33. The summed E-state index contributed by atoms with van der Waals surface area (Å²) in [5.74, 6) is 0.300. The number of rotatable bonds is 5. The van der Waals surface area contributed by atoms with Gasteiger partial charge in [0.2, 0.25) is 5.91 Å². The molecule has 2 rings (SSSR count). The van der Waals surface area contributed by atoms with Crippen molar-refractivity contribution in [3.05, 3.63) is 22.4 Å². The average Bonchev–Trinajstić information content (AvgIpc) is 2.99. The van der Waals surface area contributed by atoms with E-state index in [-0.39, 0.29) is 0 Å². The summed E-state index contributed by atoms with van der Waals surface area (Å²) < 4.78 is 0. The molecule has 2 heterocycles. The molecule has 1 aliphatic heterocycles. The molecule has 2 N–H and O–H groups in total. The van der Waals surface area contributed by atoms with Crippen LogP contribution in [0.2, 0.25) is 0 Å². The fourth-order valence-electron chi connectivity index (χ4n) is 2.41. The minimum atomic E-state index is 0.300. The van der Waals surface area contributed by atoms with Crippen LogP contribution >= 0.6 is 11.3 Å². The Kier molecular flexibility index (Phi) is 4.57. The fourth-order valence-corrected chi connectivity index (χ4v) is 3.28. The molecule has 1 fully saturated rings. The molecule has 0 aromatic carbocycles. The molecular weight excluding hydrogens is 232 g/mol. The van der Waals surface area contributed by atoms with Crippen molar-refractivity contribution in [2.45, 2.75) is 38.1 Å².